The van der Waals surface area contributed by atoms with Crippen molar-refractivity contribution in [2.45, 2.75) is 6.42 Å². The highest BCUT2D eigenvalue weighted by atomic mass is 32.1. The number of carbonyl (C=O) groups is 1. The van der Waals surface area contributed by atoms with Gasteiger partial charge in [0.05, 0.1) is 6.42 Å². The summed E-state index contributed by atoms with van der Waals surface area (Å²) < 4.78 is 0. The van der Waals surface area contributed by atoms with Gasteiger partial charge in [-0.05, 0) is 17.6 Å². The fourth-order valence-corrected chi connectivity index (χ4v) is 1.44. The molecule has 1 aromatic rings. The molecule has 2 nitrogen and oxygen atoms in total. The van der Waals surface area contributed by atoms with Gasteiger partial charge in [0, 0.05) is 4.88 Å². The first-order chi connectivity index (χ1) is 5.33. The Balaban J connectivity index is 2.43. The Morgan fingerprint density at radius 3 is 3.18 bits per heavy atom. The molecule has 0 spiro atoms. The molecule has 0 saturated heterocycles. The molecule has 1 rings (SSSR count). The molecule has 0 unspecified atom stereocenters. The maximum absolute atomic E-state index is 10.9. The summed E-state index contributed by atoms with van der Waals surface area (Å²) in [5.74, 6) is -0.0116. The molecule has 0 bridgehead atoms. The van der Waals surface area contributed by atoms with Crippen LogP contribution in [0.15, 0.2) is 30.3 Å². The summed E-state index contributed by atoms with van der Waals surface area (Å²) in [6.07, 6.45) is 1.85. The van der Waals surface area contributed by atoms with Gasteiger partial charge in [0.25, 0.3) is 0 Å². The summed E-state index contributed by atoms with van der Waals surface area (Å²) in [5.41, 5.74) is 0. The Morgan fingerprint density at radius 1 is 1.82 bits per heavy atom. The molecule has 0 aliphatic heterocycles. The summed E-state index contributed by atoms with van der Waals surface area (Å²) in [6, 6.07) is 3.87. The van der Waals surface area contributed by atoms with Crippen molar-refractivity contribution in [3.05, 3.63) is 35.2 Å². The lowest BCUT2D eigenvalue weighted by molar-refractivity contribution is -0.119. The third-order valence-corrected chi connectivity index (χ3v) is 2.05. The summed E-state index contributed by atoms with van der Waals surface area (Å²) in [4.78, 5) is 12.0. The maximum Gasteiger partial charge on any atom is 0.229 e. The minimum atomic E-state index is -0.0116. The second kappa shape index (κ2) is 3.93. The van der Waals surface area contributed by atoms with E-state index in [1.165, 1.54) is 6.20 Å². The lowest BCUT2D eigenvalue weighted by Crippen LogP contribution is -2.18. The predicted octanol–water partition coefficient (Wildman–Crippen LogP) is 1.55. The largest absolute Gasteiger partial charge is 0.333 e. The molecule has 1 N–H and O–H groups in total. The Kier molecular flexibility index (Phi) is 2.86. The van der Waals surface area contributed by atoms with Crippen LogP contribution < -0.4 is 5.32 Å². The van der Waals surface area contributed by atoms with Gasteiger partial charge in [0.1, 0.15) is 0 Å². The zero-order valence-corrected chi connectivity index (χ0v) is 6.86. The molecule has 58 valence electrons. The average molecular weight is 167 g/mol. The molecule has 0 aliphatic rings. The molecular formula is C8H9NOS. The Hall–Kier alpha value is -1.09. The van der Waals surface area contributed by atoms with E-state index in [1.807, 2.05) is 17.5 Å². The van der Waals surface area contributed by atoms with Gasteiger partial charge in [-0.15, -0.1) is 11.3 Å². The van der Waals surface area contributed by atoms with Crippen LogP contribution in [0.25, 0.3) is 0 Å². The molecule has 0 atom stereocenters. The van der Waals surface area contributed by atoms with Gasteiger partial charge < -0.3 is 5.32 Å². The van der Waals surface area contributed by atoms with Gasteiger partial charge in [-0.1, -0.05) is 12.6 Å². The van der Waals surface area contributed by atoms with E-state index in [4.69, 9.17) is 0 Å². The topological polar surface area (TPSA) is 29.1 Å². The van der Waals surface area contributed by atoms with Crippen molar-refractivity contribution in [3.8, 4) is 0 Å². The van der Waals surface area contributed by atoms with Crippen LogP contribution in [0.5, 0.6) is 0 Å². The first-order valence-electron chi connectivity index (χ1n) is 3.25. The monoisotopic (exact) mass is 167 g/mol. The highest BCUT2D eigenvalue weighted by Gasteiger charge is 2.00. The van der Waals surface area contributed by atoms with Gasteiger partial charge in [-0.2, -0.15) is 0 Å². The number of rotatable bonds is 3. The summed E-state index contributed by atoms with van der Waals surface area (Å²) in [7, 11) is 0. The molecule has 0 saturated carbocycles. The standard InChI is InChI=1S/C8H9NOS/c1-2-9-8(10)6-7-4-3-5-11-7/h2-5H,1,6H2,(H,9,10). The molecule has 0 aromatic carbocycles. The zero-order chi connectivity index (χ0) is 8.10. The first-order valence-corrected chi connectivity index (χ1v) is 4.13. The van der Waals surface area contributed by atoms with E-state index in [9.17, 15) is 4.79 Å². The molecule has 0 fully saturated rings. The van der Waals surface area contributed by atoms with Gasteiger partial charge in [-0.3, -0.25) is 4.79 Å². The summed E-state index contributed by atoms with van der Waals surface area (Å²) in [5, 5.41) is 4.47. The molecule has 1 amide bonds. The molecule has 0 radical (unpaired) electrons. The average Bonchev–Trinajstić information content (AvgIpc) is 2.40. The van der Waals surface area contributed by atoms with Crippen LogP contribution in [0.4, 0.5) is 0 Å². The number of nitrogens with one attached hydrogen (secondary N) is 1. The fraction of sp³-hybridized carbons (Fsp3) is 0.125. The zero-order valence-electron chi connectivity index (χ0n) is 6.04. The third-order valence-electron chi connectivity index (χ3n) is 1.18. The number of amides is 1. The van der Waals surface area contributed by atoms with Crippen molar-refractivity contribution >= 4 is 17.2 Å². The number of hydrogen-bond donors (Lipinski definition) is 1. The van der Waals surface area contributed by atoms with Crippen LogP contribution in [-0.4, -0.2) is 5.91 Å². The Bertz CT molecular complexity index is 241. The van der Waals surface area contributed by atoms with Crippen LogP contribution >= 0.6 is 11.3 Å². The third kappa shape index (κ3) is 2.55. The van der Waals surface area contributed by atoms with Crippen molar-refractivity contribution in [1.82, 2.24) is 5.32 Å². The van der Waals surface area contributed by atoms with Crippen molar-refractivity contribution < 1.29 is 4.79 Å². The van der Waals surface area contributed by atoms with E-state index in [1.54, 1.807) is 11.3 Å². The minimum absolute atomic E-state index is 0.0116. The van der Waals surface area contributed by atoms with Gasteiger partial charge in [0.15, 0.2) is 0 Å². The van der Waals surface area contributed by atoms with Gasteiger partial charge in [0.2, 0.25) is 5.91 Å². The van der Waals surface area contributed by atoms with E-state index in [2.05, 4.69) is 11.9 Å². The van der Waals surface area contributed by atoms with Crippen molar-refractivity contribution in [3.63, 3.8) is 0 Å². The fourth-order valence-electron chi connectivity index (χ4n) is 0.736. The SMILES string of the molecule is C=CNC(=O)Cc1cccs1. The Labute approximate surface area is 69.6 Å². The van der Waals surface area contributed by atoms with Crippen LogP contribution in [0, 0.1) is 0 Å². The van der Waals surface area contributed by atoms with E-state index < -0.39 is 0 Å². The van der Waals surface area contributed by atoms with Crippen molar-refractivity contribution in [1.29, 1.82) is 0 Å². The second-order valence-electron chi connectivity index (χ2n) is 2.03. The second-order valence-corrected chi connectivity index (χ2v) is 3.06. The molecule has 0 aliphatic carbocycles. The van der Waals surface area contributed by atoms with Crippen LogP contribution in [0.3, 0.4) is 0 Å². The highest BCUT2D eigenvalue weighted by molar-refractivity contribution is 7.10. The minimum Gasteiger partial charge on any atom is -0.333 e. The molecule has 3 heteroatoms. The van der Waals surface area contributed by atoms with Gasteiger partial charge >= 0.3 is 0 Å². The first kappa shape index (κ1) is 8.01. The summed E-state index contributed by atoms with van der Waals surface area (Å²) in [6.45, 7) is 3.40. The van der Waals surface area contributed by atoms with Crippen molar-refractivity contribution in [2.24, 2.45) is 0 Å². The van der Waals surface area contributed by atoms with Crippen LogP contribution in [0.1, 0.15) is 4.88 Å². The Morgan fingerprint density at radius 2 is 2.64 bits per heavy atom. The number of thiophene rings is 1. The smallest absolute Gasteiger partial charge is 0.229 e. The lowest BCUT2D eigenvalue weighted by Gasteiger charge is -1.95. The lowest BCUT2D eigenvalue weighted by atomic mass is 10.3. The highest BCUT2D eigenvalue weighted by Crippen LogP contribution is 2.08. The van der Waals surface area contributed by atoms with E-state index in [-0.39, 0.29) is 5.91 Å². The maximum atomic E-state index is 10.9. The molecular weight excluding hydrogens is 158 g/mol. The van der Waals surface area contributed by atoms with E-state index in [0.717, 1.165) is 4.88 Å². The van der Waals surface area contributed by atoms with Crippen molar-refractivity contribution in [2.75, 3.05) is 0 Å². The van der Waals surface area contributed by atoms with Crippen LogP contribution in [-0.2, 0) is 11.2 Å². The number of carbonyl (C=O) groups excluding carboxylic acids is 1. The quantitative estimate of drug-likeness (QED) is 0.727. The summed E-state index contributed by atoms with van der Waals surface area (Å²) >= 11 is 1.58. The van der Waals surface area contributed by atoms with Gasteiger partial charge in [-0.25, -0.2) is 0 Å². The molecule has 11 heavy (non-hydrogen) atoms. The number of hydrogen-bond acceptors (Lipinski definition) is 2. The molecule has 1 aromatic heterocycles. The van der Waals surface area contributed by atoms with Crippen LogP contribution in [0.2, 0.25) is 0 Å². The normalized spacial score (nSPS) is 9.09. The van der Waals surface area contributed by atoms with E-state index in [0.29, 0.717) is 6.42 Å². The van der Waals surface area contributed by atoms with E-state index >= 15 is 0 Å². The molecule has 1 heterocycles. The predicted molar refractivity (Wildman–Crippen MR) is 46.4 cm³/mol.